The average Bonchev–Trinajstić information content (AvgIpc) is 3.46. The molecule has 2 aliphatic rings. The van der Waals surface area contributed by atoms with E-state index in [1.807, 2.05) is 40.5 Å². The third-order valence-corrected chi connectivity index (χ3v) is 8.28. The molecule has 0 saturated carbocycles. The van der Waals surface area contributed by atoms with Crippen LogP contribution in [0, 0.1) is 5.82 Å². The van der Waals surface area contributed by atoms with Crippen molar-refractivity contribution in [1.29, 1.82) is 0 Å². The number of urea groups is 1. The molecule has 0 fully saturated rings. The Hall–Kier alpha value is -3.62. The normalized spacial score (nSPS) is 17.1. The second kappa shape index (κ2) is 9.11. The lowest BCUT2D eigenvalue weighted by molar-refractivity contribution is 0.194. The van der Waals surface area contributed by atoms with Crippen LogP contribution in [0.5, 0.6) is 5.75 Å². The molecule has 2 aromatic carbocycles. The van der Waals surface area contributed by atoms with Crippen LogP contribution in [0.4, 0.5) is 14.9 Å². The van der Waals surface area contributed by atoms with E-state index in [1.54, 1.807) is 25.3 Å². The summed E-state index contributed by atoms with van der Waals surface area (Å²) >= 11 is 1.81. The molecule has 2 aliphatic heterocycles. The number of anilines is 1. The number of carbonyl (C=O) groups excluding carboxylic acids is 1. The van der Waals surface area contributed by atoms with Crippen molar-refractivity contribution in [2.75, 3.05) is 26.0 Å². The lowest BCUT2D eigenvalue weighted by Gasteiger charge is -2.32. The standard InChI is InChI=1S/C28H27FN4O2S/c1-31-14-12-22-23-16-33(28(34)30-20-5-3-6-21(15-20)35-2)26(18-8-10-19(29)11-9-18)24-7-4-13-32(24)27(23)36-25(22)17-31/h3-11,13,15,26H,12,14,16-17H2,1-2H3,(H,30,34). The molecule has 0 radical (unpaired) electrons. The third kappa shape index (κ3) is 3.96. The quantitative estimate of drug-likeness (QED) is 0.385. The second-order valence-electron chi connectivity index (χ2n) is 9.32. The molecule has 36 heavy (non-hydrogen) atoms. The lowest BCUT2D eigenvalue weighted by atomic mass is 10.0. The number of methoxy groups -OCH3 is 1. The summed E-state index contributed by atoms with van der Waals surface area (Å²) in [7, 11) is 3.75. The number of nitrogens with one attached hydrogen (secondary N) is 1. The molecule has 184 valence electrons. The van der Waals surface area contributed by atoms with Crippen LogP contribution >= 0.6 is 11.3 Å². The van der Waals surface area contributed by atoms with Crippen LogP contribution in [0.25, 0.3) is 5.00 Å². The van der Waals surface area contributed by atoms with Gasteiger partial charge in [0.25, 0.3) is 0 Å². The first kappa shape index (κ1) is 22.8. The number of thiophene rings is 1. The molecule has 6 rings (SSSR count). The van der Waals surface area contributed by atoms with Crippen LogP contribution in [-0.2, 0) is 19.5 Å². The van der Waals surface area contributed by atoms with Crippen LogP contribution in [0.3, 0.4) is 0 Å². The predicted octanol–water partition coefficient (Wildman–Crippen LogP) is 5.81. The Bertz CT molecular complexity index is 1430. The average molecular weight is 503 g/mol. The summed E-state index contributed by atoms with van der Waals surface area (Å²) in [5, 5.41) is 4.24. The number of amides is 2. The van der Waals surface area contributed by atoms with Crippen molar-refractivity contribution in [3.05, 3.63) is 99.9 Å². The lowest BCUT2D eigenvalue weighted by Crippen LogP contribution is -2.38. The molecule has 1 atom stereocenters. The summed E-state index contributed by atoms with van der Waals surface area (Å²) in [6.07, 6.45) is 3.03. The zero-order valence-electron chi connectivity index (χ0n) is 20.2. The van der Waals surface area contributed by atoms with E-state index in [4.69, 9.17) is 4.74 Å². The van der Waals surface area contributed by atoms with Gasteiger partial charge in [0.1, 0.15) is 16.6 Å². The minimum Gasteiger partial charge on any atom is -0.497 e. The van der Waals surface area contributed by atoms with Gasteiger partial charge in [0, 0.05) is 41.5 Å². The maximum Gasteiger partial charge on any atom is 0.322 e. The Labute approximate surface area is 213 Å². The van der Waals surface area contributed by atoms with Crippen molar-refractivity contribution in [1.82, 2.24) is 14.4 Å². The van der Waals surface area contributed by atoms with E-state index in [-0.39, 0.29) is 17.9 Å². The first-order chi connectivity index (χ1) is 17.5. The van der Waals surface area contributed by atoms with Crippen LogP contribution in [-0.4, -0.2) is 41.1 Å². The Kier molecular flexibility index (Phi) is 5.78. The molecule has 4 heterocycles. The van der Waals surface area contributed by atoms with Gasteiger partial charge in [-0.3, -0.25) is 0 Å². The molecule has 0 saturated heterocycles. The molecule has 4 aromatic rings. The zero-order valence-corrected chi connectivity index (χ0v) is 21.0. The first-order valence-electron chi connectivity index (χ1n) is 12.0. The van der Waals surface area contributed by atoms with Crippen LogP contribution in [0.15, 0.2) is 66.9 Å². The van der Waals surface area contributed by atoms with E-state index >= 15 is 0 Å². The fraction of sp³-hybridized carbons (Fsp3) is 0.250. The number of aromatic nitrogens is 1. The summed E-state index contributed by atoms with van der Waals surface area (Å²) < 4.78 is 21.4. The van der Waals surface area contributed by atoms with Crippen molar-refractivity contribution in [3.8, 4) is 10.8 Å². The highest BCUT2D eigenvalue weighted by Gasteiger charge is 2.36. The Morgan fingerprint density at radius 2 is 1.92 bits per heavy atom. The molecule has 1 unspecified atom stereocenters. The van der Waals surface area contributed by atoms with Crippen LogP contribution < -0.4 is 10.1 Å². The van der Waals surface area contributed by atoms with Gasteiger partial charge in [-0.15, -0.1) is 11.3 Å². The molecule has 1 N–H and O–H groups in total. The Morgan fingerprint density at radius 1 is 1.08 bits per heavy atom. The maximum absolute atomic E-state index is 13.9. The molecule has 8 heteroatoms. The number of ether oxygens (including phenoxy) is 1. The first-order valence-corrected chi connectivity index (χ1v) is 12.8. The van der Waals surface area contributed by atoms with Gasteiger partial charge in [0.2, 0.25) is 0 Å². The molecule has 0 aliphatic carbocycles. The summed E-state index contributed by atoms with van der Waals surface area (Å²) in [6.45, 7) is 2.37. The second-order valence-corrected chi connectivity index (χ2v) is 10.4. The summed E-state index contributed by atoms with van der Waals surface area (Å²) in [5.74, 6) is 0.373. The van der Waals surface area contributed by atoms with Crippen LogP contribution in [0.2, 0.25) is 0 Å². The van der Waals surface area contributed by atoms with Gasteiger partial charge >= 0.3 is 6.03 Å². The largest absolute Gasteiger partial charge is 0.497 e. The topological polar surface area (TPSA) is 49.7 Å². The summed E-state index contributed by atoms with van der Waals surface area (Å²) in [6, 6.07) is 17.3. The fourth-order valence-corrected chi connectivity index (χ4v) is 6.69. The molecule has 2 amide bonds. The van der Waals surface area contributed by atoms with Crippen molar-refractivity contribution < 1.29 is 13.9 Å². The Balaban J connectivity index is 1.48. The minimum atomic E-state index is -0.382. The molecule has 6 nitrogen and oxygen atoms in total. The number of hydrogen-bond donors (Lipinski definition) is 1. The van der Waals surface area contributed by atoms with E-state index in [1.165, 1.54) is 33.1 Å². The van der Waals surface area contributed by atoms with Gasteiger partial charge in [-0.05, 0) is 61.0 Å². The van der Waals surface area contributed by atoms with Gasteiger partial charge in [0.15, 0.2) is 0 Å². The molecule has 0 spiro atoms. The SMILES string of the molecule is COc1cccc(NC(=O)N2Cc3c(sc4c3CCN(C)C4)-n3cccc3C2c2ccc(F)cc2)c1. The zero-order chi connectivity index (χ0) is 24.8. The van der Waals surface area contributed by atoms with Crippen molar-refractivity contribution in [2.24, 2.45) is 0 Å². The molecule has 0 bridgehead atoms. The number of hydrogen-bond acceptors (Lipinski definition) is 4. The van der Waals surface area contributed by atoms with E-state index < -0.39 is 0 Å². The molecular weight excluding hydrogens is 475 g/mol. The van der Waals surface area contributed by atoms with Crippen molar-refractivity contribution in [3.63, 3.8) is 0 Å². The van der Waals surface area contributed by atoms with Crippen LogP contribution in [0.1, 0.15) is 33.3 Å². The third-order valence-electron chi connectivity index (χ3n) is 7.02. The van der Waals surface area contributed by atoms with Gasteiger partial charge in [-0.1, -0.05) is 18.2 Å². The molecule has 2 aromatic heterocycles. The highest BCUT2D eigenvalue weighted by atomic mass is 32.1. The number of rotatable bonds is 3. The fourth-order valence-electron chi connectivity index (χ4n) is 5.24. The number of fused-ring (bicyclic) bond motifs is 5. The number of likely N-dealkylation sites (N-methyl/N-ethyl adjacent to an activating group) is 1. The highest BCUT2D eigenvalue weighted by Crippen LogP contribution is 2.43. The van der Waals surface area contributed by atoms with E-state index in [0.29, 0.717) is 18.0 Å². The monoisotopic (exact) mass is 502 g/mol. The molecular formula is C28H27FN4O2S. The Morgan fingerprint density at radius 3 is 2.72 bits per heavy atom. The van der Waals surface area contributed by atoms with Crippen molar-refractivity contribution >= 4 is 23.1 Å². The number of nitrogens with zero attached hydrogens (tertiary/aromatic N) is 3. The summed E-state index contributed by atoms with van der Waals surface area (Å²) in [4.78, 5) is 19.5. The van der Waals surface area contributed by atoms with Crippen molar-refractivity contribution in [2.45, 2.75) is 25.6 Å². The minimum absolute atomic E-state index is 0.217. The van der Waals surface area contributed by atoms with Gasteiger partial charge in [0.05, 0.1) is 25.4 Å². The van der Waals surface area contributed by atoms with E-state index in [9.17, 15) is 9.18 Å². The van der Waals surface area contributed by atoms with Gasteiger partial charge in [-0.25, -0.2) is 9.18 Å². The predicted molar refractivity (Wildman–Crippen MR) is 139 cm³/mol. The smallest absolute Gasteiger partial charge is 0.322 e. The summed E-state index contributed by atoms with van der Waals surface area (Å²) in [5.41, 5.74) is 5.05. The number of halogens is 1. The maximum atomic E-state index is 13.9. The van der Waals surface area contributed by atoms with Gasteiger partial charge < -0.3 is 24.4 Å². The van der Waals surface area contributed by atoms with Gasteiger partial charge in [-0.2, -0.15) is 0 Å². The highest BCUT2D eigenvalue weighted by molar-refractivity contribution is 7.15. The van der Waals surface area contributed by atoms with E-state index in [2.05, 4.69) is 34.1 Å². The number of carbonyl (C=O) groups is 1. The van der Waals surface area contributed by atoms with E-state index in [0.717, 1.165) is 30.8 Å². The number of benzene rings is 2.